The van der Waals surface area contributed by atoms with Gasteiger partial charge in [-0.3, -0.25) is 14.2 Å². The lowest BCUT2D eigenvalue weighted by Crippen LogP contribution is -2.29. The summed E-state index contributed by atoms with van der Waals surface area (Å²) in [6.07, 6.45) is 1.84. The van der Waals surface area contributed by atoms with Crippen molar-refractivity contribution in [2.45, 2.75) is 11.7 Å². The van der Waals surface area contributed by atoms with Crippen molar-refractivity contribution in [3.63, 3.8) is 0 Å². The van der Waals surface area contributed by atoms with Gasteiger partial charge in [0, 0.05) is 22.7 Å². The van der Waals surface area contributed by atoms with E-state index in [0.717, 1.165) is 22.0 Å². The minimum absolute atomic E-state index is 0.0969. The Kier molecular flexibility index (Phi) is 5.44. The van der Waals surface area contributed by atoms with Crippen molar-refractivity contribution in [1.29, 1.82) is 0 Å². The molecule has 6 heteroatoms. The number of amides is 1. The molecule has 4 aromatic rings. The molecule has 0 radical (unpaired) electrons. The molecule has 1 aromatic heterocycles. The zero-order chi connectivity index (χ0) is 20.2. The highest BCUT2D eigenvalue weighted by Gasteiger charge is 2.13. The molecule has 29 heavy (non-hydrogen) atoms. The summed E-state index contributed by atoms with van der Waals surface area (Å²) in [7, 11) is 0. The lowest BCUT2D eigenvalue weighted by Gasteiger charge is -2.13. The minimum Gasteiger partial charge on any atom is -0.324 e. The lowest BCUT2D eigenvalue weighted by molar-refractivity contribution is -0.116. The quantitative estimate of drug-likeness (QED) is 0.397. The lowest BCUT2D eigenvalue weighted by atomic mass is 10.1. The van der Waals surface area contributed by atoms with Crippen molar-refractivity contribution in [2.24, 2.45) is 0 Å². The number of carbonyl (C=O) groups is 1. The van der Waals surface area contributed by atoms with Crippen molar-refractivity contribution in [2.75, 3.05) is 11.6 Å². The van der Waals surface area contributed by atoms with Gasteiger partial charge in [-0.15, -0.1) is 0 Å². The summed E-state index contributed by atoms with van der Waals surface area (Å²) >= 11 is 1.34. The van der Waals surface area contributed by atoms with Gasteiger partial charge in [-0.2, -0.15) is 0 Å². The molecule has 1 N–H and O–H groups in total. The molecule has 0 atom stereocenters. The fourth-order valence-corrected chi connectivity index (χ4v) is 3.78. The van der Waals surface area contributed by atoms with E-state index in [1.54, 1.807) is 0 Å². The summed E-state index contributed by atoms with van der Waals surface area (Å²) < 4.78 is 1.40. The number of fused-ring (bicyclic) bond motifs is 1. The molecule has 1 heterocycles. The van der Waals surface area contributed by atoms with Crippen molar-refractivity contribution in [1.82, 2.24) is 9.55 Å². The number of thioether (sulfide) groups is 1. The Balaban J connectivity index is 1.62. The average molecular weight is 401 g/mol. The molecule has 0 bridgehead atoms. The zero-order valence-corrected chi connectivity index (χ0v) is 16.6. The number of nitrogens with one attached hydrogen (secondary N) is 1. The summed E-state index contributed by atoms with van der Waals surface area (Å²) in [4.78, 5) is 30.0. The highest BCUT2D eigenvalue weighted by atomic mass is 32.2. The SMILES string of the molecule is CSc1nc(-c2ccccc2)cc(=O)n1CC(=O)Nc1cccc2ccccc12. The molecule has 0 saturated carbocycles. The first-order valence-electron chi connectivity index (χ1n) is 9.14. The molecule has 1 amide bonds. The maximum atomic E-state index is 12.7. The Labute approximate surface area is 172 Å². The van der Waals surface area contributed by atoms with Crippen LogP contribution in [0.15, 0.2) is 88.8 Å². The molecule has 3 aromatic carbocycles. The fraction of sp³-hybridized carbons (Fsp3) is 0.0870. The minimum atomic E-state index is -0.270. The monoisotopic (exact) mass is 401 g/mol. The molecule has 0 unspecified atom stereocenters. The van der Waals surface area contributed by atoms with Crippen LogP contribution >= 0.6 is 11.8 Å². The average Bonchev–Trinajstić information content (AvgIpc) is 2.76. The summed E-state index contributed by atoms with van der Waals surface area (Å²) in [6.45, 7) is -0.0969. The summed E-state index contributed by atoms with van der Waals surface area (Å²) in [5.74, 6) is -0.270. The molecule has 0 aliphatic heterocycles. The van der Waals surface area contributed by atoms with Crippen LogP contribution in [-0.4, -0.2) is 21.7 Å². The van der Waals surface area contributed by atoms with E-state index >= 15 is 0 Å². The summed E-state index contributed by atoms with van der Waals surface area (Å²) in [5.41, 5.74) is 1.94. The van der Waals surface area contributed by atoms with Crippen molar-refractivity contribution in [3.05, 3.63) is 89.2 Å². The molecule has 0 aliphatic rings. The van der Waals surface area contributed by atoms with Crippen LogP contribution in [0.25, 0.3) is 22.0 Å². The van der Waals surface area contributed by atoms with Crippen LogP contribution < -0.4 is 10.9 Å². The van der Waals surface area contributed by atoms with Gasteiger partial charge >= 0.3 is 0 Å². The zero-order valence-electron chi connectivity index (χ0n) is 15.8. The molecule has 0 aliphatic carbocycles. The smallest absolute Gasteiger partial charge is 0.255 e. The Morgan fingerprint density at radius 1 is 1.00 bits per heavy atom. The number of aromatic nitrogens is 2. The van der Waals surface area contributed by atoms with Crippen LogP contribution in [0.4, 0.5) is 5.69 Å². The maximum Gasteiger partial charge on any atom is 0.255 e. The second-order valence-electron chi connectivity index (χ2n) is 6.49. The molecule has 0 fully saturated rings. The van der Waals surface area contributed by atoms with Crippen LogP contribution in [0.2, 0.25) is 0 Å². The summed E-state index contributed by atoms with van der Waals surface area (Å²) in [6, 6.07) is 24.6. The molecule has 144 valence electrons. The number of carbonyl (C=O) groups excluding carboxylic acids is 1. The van der Waals surface area contributed by atoms with Crippen molar-refractivity contribution >= 4 is 34.1 Å². The first-order chi connectivity index (χ1) is 14.2. The third kappa shape index (κ3) is 4.07. The Hall–Kier alpha value is -3.38. The van der Waals surface area contributed by atoms with Crippen molar-refractivity contribution < 1.29 is 4.79 Å². The van der Waals surface area contributed by atoms with E-state index in [0.29, 0.717) is 10.9 Å². The fourth-order valence-electron chi connectivity index (χ4n) is 3.21. The number of anilines is 1. The van der Waals surface area contributed by atoms with E-state index in [4.69, 9.17) is 0 Å². The van der Waals surface area contributed by atoms with Crippen LogP contribution in [0.5, 0.6) is 0 Å². The molecule has 0 spiro atoms. The standard InChI is InChI=1S/C23H19N3O2S/c1-29-23-25-20(17-9-3-2-4-10-17)14-22(28)26(23)15-21(27)24-19-13-7-11-16-8-5-6-12-18(16)19/h2-14H,15H2,1H3,(H,24,27). The van der Waals surface area contributed by atoms with Crippen LogP contribution in [0.3, 0.4) is 0 Å². The highest BCUT2D eigenvalue weighted by molar-refractivity contribution is 7.98. The van der Waals surface area contributed by atoms with E-state index in [1.807, 2.05) is 79.1 Å². The van der Waals surface area contributed by atoms with E-state index in [-0.39, 0.29) is 18.0 Å². The third-order valence-corrected chi connectivity index (χ3v) is 5.27. The second-order valence-corrected chi connectivity index (χ2v) is 7.27. The Morgan fingerprint density at radius 2 is 1.72 bits per heavy atom. The van der Waals surface area contributed by atoms with Gasteiger partial charge in [0.05, 0.1) is 5.69 Å². The largest absolute Gasteiger partial charge is 0.324 e. The normalized spacial score (nSPS) is 10.8. The van der Waals surface area contributed by atoms with E-state index in [2.05, 4.69) is 10.3 Å². The molecule has 0 saturated heterocycles. The van der Waals surface area contributed by atoms with Gasteiger partial charge in [0.2, 0.25) is 5.91 Å². The topological polar surface area (TPSA) is 64.0 Å². The van der Waals surface area contributed by atoms with E-state index in [9.17, 15) is 9.59 Å². The number of hydrogen-bond donors (Lipinski definition) is 1. The van der Waals surface area contributed by atoms with Gasteiger partial charge in [0.1, 0.15) is 6.54 Å². The van der Waals surface area contributed by atoms with Crippen LogP contribution in [0.1, 0.15) is 0 Å². The predicted octanol–water partition coefficient (Wildman–Crippen LogP) is 4.42. The molecular formula is C23H19N3O2S. The first kappa shape index (κ1) is 19.0. The van der Waals surface area contributed by atoms with Crippen LogP contribution in [0, 0.1) is 0 Å². The molecular weight excluding hydrogens is 382 g/mol. The maximum absolute atomic E-state index is 12.7. The number of rotatable bonds is 5. The number of benzene rings is 3. The van der Waals surface area contributed by atoms with Gasteiger partial charge in [-0.25, -0.2) is 4.98 Å². The van der Waals surface area contributed by atoms with Gasteiger partial charge in [-0.1, -0.05) is 78.5 Å². The van der Waals surface area contributed by atoms with Gasteiger partial charge in [-0.05, 0) is 17.7 Å². The Bertz CT molecular complexity index is 1230. The van der Waals surface area contributed by atoms with Gasteiger partial charge in [0.25, 0.3) is 5.56 Å². The third-order valence-electron chi connectivity index (χ3n) is 4.59. The van der Waals surface area contributed by atoms with E-state index in [1.165, 1.54) is 22.4 Å². The number of nitrogens with zero attached hydrogens (tertiary/aromatic N) is 2. The van der Waals surface area contributed by atoms with Crippen molar-refractivity contribution in [3.8, 4) is 11.3 Å². The summed E-state index contributed by atoms with van der Waals surface area (Å²) in [5, 5.41) is 5.43. The van der Waals surface area contributed by atoms with Gasteiger partial charge < -0.3 is 5.32 Å². The predicted molar refractivity (Wildman–Crippen MR) is 118 cm³/mol. The second kappa shape index (κ2) is 8.32. The van der Waals surface area contributed by atoms with Gasteiger partial charge in [0.15, 0.2) is 5.16 Å². The molecule has 5 nitrogen and oxygen atoms in total. The van der Waals surface area contributed by atoms with E-state index < -0.39 is 0 Å². The Morgan fingerprint density at radius 3 is 2.52 bits per heavy atom. The first-order valence-corrected chi connectivity index (χ1v) is 10.4. The molecule has 4 rings (SSSR count). The number of hydrogen-bond acceptors (Lipinski definition) is 4. The van der Waals surface area contributed by atoms with Crippen LogP contribution in [-0.2, 0) is 11.3 Å². The highest BCUT2D eigenvalue weighted by Crippen LogP contribution is 2.23.